The number of ether oxygens (including phenoxy) is 1. The van der Waals surface area contributed by atoms with E-state index in [2.05, 4.69) is 69.4 Å². The van der Waals surface area contributed by atoms with Crippen LogP contribution in [-0.4, -0.2) is 42.7 Å². The number of methoxy groups -OCH3 is 1. The van der Waals surface area contributed by atoms with Gasteiger partial charge in [-0.1, -0.05) is 70.5 Å². The molecule has 0 bridgehead atoms. The van der Waals surface area contributed by atoms with Gasteiger partial charge in [0.25, 0.3) is 0 Å². The summed E-state index contributed by atoms with van der Waals surface area (Å²) in [5, 5.41) is 13.8. The minimum Gasteiger partial charge on any atom is -0.481 e. The standard InChI is InChI=1S/C31H33BrN2O2/c1-34(2)18-17-31(35,25-13-11-22(12-14-25)21-9-10-21)29(23-7-5-4-6-8-23)27-20-24-19-26(32)15-16-28(24)33-30(27)36-3/h4-8,11-16,19-21,29,35H,9-10,17-18H2,1-3H3/t29-,31-/m1/s1. The smallest absolute Gasteiger partial charge is 0.217 e. The summed E-state index contributed by atoms with van der Waals surface area (Å²) in [6.07, 6.45) is 3.07. The Hall–Kier alpha value is -2.73. The van der Waals surface area contributed by atoms with E-state index in [1.54, 1.807) is 7.11 Å². The molecule has 1 fully saturated rings. The molecule has 0 amide bonds. The number of rotatable bonds is 9. The maximum absolute atomic E-state index is 12.8. The molecule has 5 heteroatoms. The molecule has 1 aliphatic rings. The lowest BCUT2D eigenvalue weighted by atomic mass is 9.71. The number of fused-ring (bicyclic) bond motifs is 1. The third-order valence-electron chi connectivity index (χ3n) is 7.28. The minimum atomic E-state index is -1.18. The van der Waals surface area contributed by atoms with Gasteiger partial charge in [0.1, 0.15) is 5.60 Å². The lowest BCUT2D eigenvalue weighted by molar-refractivity contribution is 0.00379. The van der Waals surface area contributed by atoms with Crippen LogP contribution >= 0.6 is 15.9 Å². The van der Waals surface area contributed by atoms with Gasteiger partial charge >= 0.3 is 0 Å². The molecule has 0 unspecified atom stereocenters. The molecule has 4 nitrogen and oxygen atoms in total. The molecule has 5 rings (SSSR count). The molecular weight excluding hydrogens is 512 g/mol. The maximum Gasteiger partial charge on any atom is 0.217 e. The highest BCUT2D eigenvalue weighted by Gasteiger charge is 2.42. The lowest BCUT2D eigenvalue weighted by Crippen LogP contribution is -2.37. The Balaban J connectivity index is 1.73. The fourth-order valence-electron chi connectivity index (χ4n) is 5.18. The van der Waals surface area contributed by atoms with Gasteiger partial charge in [-0.3, -0.25) is 0 Å². The van der Waals surface area contributed by atoms with Crippen LogP contribution in [0.1, 0.15) is 53.4 Å². The van der Waals surface area contributed by atoms with Gasteiger partial charge in [-0.2, -0.15) is 0 Å². The number of hydrogen-bond acceptors (Lipinski definition) is 4. The van der Waals surface area contributed by atoms with Crippen molar-refractivity contribution in [2.45, 2.75) is 36.7 Å². The predicted octanol–water partition coefficient (Wildman–Crippen LogP) is 6.85. The molecule has 2 atom stereocenters. The molecule has 0 spiro atoms. The number of hydrogen-bond donors (Lipinski definition) is 1. The van der Waals surface area contributed by atoms with Crippen LogP contribution in [0.3, 0.4) is 0 Å². The maximum atomic E-state index is 12.8. The molecule has 0 saturated heterocycles. The first-order chi connectivity index (χ1) is 17.4. The van der Waals surface area contributed by atoms with Crippen molar-refractivity contribution in [2.75, 3.05) is 27.7 Å². The van der Waals surface area contributed by atoms with Crippen molar-refractivity contribution in [3.8, 4) is 5.88 Å². The summed E-state index contributed by atoms with van der Waals surface area (Å²) in [7, 11) is 5.75. The van der Waals surface area contributed by atoms with Crippen molar-refractivity contribution in [1.29, 1.82) is 0 Å². The van der Waals surface area contributed by atoms with Gasteiger partial charge in [0, 0.05) is 27.9 Å². The molecule has 1 N–H and O–H groups in total. The zero-order valence-corrected chi connectivity index (χ0v) is 22.7. The van der Waals surface area contributed by atoms with E-state index in [4.69, 9.17) is 9.72 Å². The SMILES string of the molecule is COc1nc2ccc(Br)cc2cc1[C@@H](c1ccccc1)[C@@](O)(CCN(C)C)c1ccc(C2CC2)cc1. The Kier molecular flexibility index (Phi) is 7.16. The molecule has 1 aromatic heterocycles. The number of pyridine rings is 1. The Labute approximate surface area is 222 Å². The van der Waals surface area contributed by atoms with E-state index in [1.165, 1.54) is 18.4 Å². The molecule has 186 valence electrons. The molecule has 1 aliphatic carbocycles. The molecule has 36 heavy (non-hydrogen) atoms. The normalized spacial score (nSPS) is 16.2. The van der Waals surface area contributed by atoms with E-state index in [1.807, 2.05) is 44.4 Å². The summed E-state index contributed by atoms with van der Waals surface area (Å²) < 4.78 is 6.85. The Morgan fingerprint density at radius 2 is 1.75 bits per heavy atom. The van der Waals surface area contributed by atoms with Crippen molar-refractivity contribution in [3.05, 3.63) is 106 Å². The lowest BCUT2D eigenvalue weighted by Gasteiger charge is -2.39. The van der Waals surface area contributed by atoms with E-state index < -0.39 is 5.60 Å². The Morgan fingerprint density at radius 3 is 2.39 bits per heavy atom. The predicted molar refractivity (Wildman–Crippen MR) is 150 cm³/mol. The molecule has 3 aromatic carbocycles. The summed E-state index contributed by atoms with van der Waals surface area (Å²) in [4.78, 5) is 6.99. The van der Waals surface area contributed by atoms with E-state index >= 15 is 0 Å². The number of aromatic nitrogens is 1. The van der Waals surface area contributed by atoms with Gasteiger partial charge in [-0.15, -0.1) is 0 Å². The van der Waals surface area contributed by atoms with E-state index in [9.17, 15) is 5.11 Å². The van der Waals surface area contributed by atoms with Crippen LogP contribution in [-0.2, 0) is 5.60 Å². The summed E-state index contributed by atoms with van der Waals surface area (Å²) in [5.41, 5.74) is 3.86. The van der Waals surface area contributed by atoms with Crippen LogP contribution in [0, 0.1) is 0 Å². The first-order valence-electron chi connectivity index (χ1n) is 12.6. The summed E-state index contributed by atoms with van der Waals surface area (Å²) in [6.45, 7) is 0.735. The third kappa shape index (κ3) is 5.06. The van der Waals surface area contributed by atoms with Crippen molar-refractivity contribution in [3.63, 3.8) is 0 Å². The Morgan fingerprint density at radius 1 is 1.03 bits per heavy atom. The van der Waals surface area contributed by atoms with Crippen LogP contribution in [0.15, 0.2) is 83.3 Å². The van der Waals surface area contributed by atoms with Crippen molar-refractivity contribution >= 4 is 26.8 Å². The number of nitrogens with zero attached hydrogens (tertiary/aromatic N) is 2. The van der Waals surface area contributed by atoms with E-state index in [0.717, 1.165) is 38.6 Å². The van der Waals surface area contributed by atoms with Crippen molar-refractivity contribution < 1.29 is 9.84 Å². The molecule has 0 radical (unpaired) electrons. The summed E-state index contributed by atoms with van der Waals surface area (Å²) in [6, 6.07) is 27.1. The van der Waals surface area contributed by atoms with Crippen LogP contribution in [0.4, 0.5) is 0 Å². The second-order valence-corrected chi connectivity index (χ2v) is 11.1. The second kappa shape index (κ2) is 10.3. The number of benzene rings is 3. The zero-order valence-electron chi connectivity index (χ0n) is 21.1. The average molecular weight is 546 g/mol. The summed E-state index contributed by atoms with van der Waals surface area (Å²) in [5.74, 6) is 0.829. The van der Waals surface area contributed by atoms with Gasteiger partial charge < -0.3 is 14.7 Å². The van der Waals surface area contributed by atoms with Crippen molar-refractivity contribution in [2.24, 2.45) is 0 Å². The van der Waals surface area contributed by atoms with Gasteiger partial charge in [0.2, 0.25) is 5.88 Å². The topological polar surface area (TPSA) is 45.6 Å². The summed E-state index contributed by atoms with van der Waals surface area (Å²) >= 11 is 3.60. The fourth-order valence-corrected chi connectivity index (χ4v) is 5.56. The van der Waals surface area contributed by atoms with E-state index in [-0.39, 0.29) is 5.92 Å². The highest BCUT2D eigenvalue weighted by atomic mass is 79.9. The average Bonchev–Trinajstić information content (AvgIpc) is 3.74. The Bertz CT molecular complexity index is 1340. The largest absolute Gasteiger partial charge is 0.481 e. The molecule has 1 heterocycles. The molecule has 4 aromatic rings. The van der Waals surface area contributed by atoms with Gasteiger partial charge in [-0.05, 0) is 80.2 Å². The first kappa shape index (κ1) is 24.9. The van der Waals surface area contributed by atoms with Crippen LogP contribution < -0.4 is 4.74 Å². The first-order valence-corrected chi connectivity index (χ1v) is 13.3. The quantitative estimate of drug-likeness (QED) is 0.250. The van der Waals surface area contributed by atoms with Gasteiger partial charge in [0.15, 0.2) is 0 Å². The second-order valence-electron chi connectivity index (χ2n) is 10.1. The fraction of sp³-hybridized carbons (Fsp3) is 0.323. The number of halogens is 1. The van der Waals surface area contributed by atoms with E-state index in [0.29, 0.717) is 18.2 Å². The number of aliphatic hydroxyl groups is 1. The third-order valence-corrected chi connectivity index (χ3v) is 7.78. The zero-order chi connectivity index (χ0) is 25.3. The molecule has 0 aliphatic heterocycles. The highest BCUT2D eigenvalue weighted by molar-refractivity contribution is 9.10. The molecule has 1 saturated carbocycles. The molecular formula is C31H33BrN2O2. The highest BCUT2D eigenvalue weighted by Crippen LogP contribution is 2.48. The van der Waals surface area contributed by atoms with Crippen LogP contribution in [0.25, 0.3) is 10.9 Å². The van der Waals surface area contributed by atoms with Gasteiger partial charge in [-0.25, -0.2) is 4.98 Å². The van der Waals surface area contributed by atoms with Crippen LogP contribution in [0.2, 0.25) is 0 Å². The van der Waals surface area contributed by atoms with Crippen molar-refractivity contribution in [1.82, 2.24) is 9.88 Å². The monoisotopic (exact) mass is 544 g/mol. The van der Waals surface area contributed by atoms with Gasteiger partial charge in [0.05, 0.1) is 12.6 Å². The minimum absolute atomic E-state index is 0.378. The van der Waals surface area contributed by atoms with Crippen LogP contribution in [0.5, 0.6) is 5.88 Å².